The van der Waals surface area contributed by atoms with Crippen LogP contribution in [0.2, 0.25) is 0 Å². The summed E-state index contributed by atoms with van der Waals surface area (Å²) in [6, 6.07) is 0.678. The smallest absolute Gasteiger partial charge is 0.0278 e. The molecule has 2 fully saturated rings. The number of nitrogens with one attached hydrogen (secondary N) is 1. The zero-order chi connectivity index (χ0) is 13.9. The van der Waals surface area contributed by atoms with Crippen LogP contribution in [0.25, 0.3) is 0 Å². The van der Waals surface area contributed by atoms with E-state index < -0.39 is 0 Å². The van der Waals surface area contributed by atoms with E-state index >= 15 is 0 Å². The van der Waals surface area contributed by atoms with Gasteiger partial charge in [0.2, 0.25) is 0 Å². The summed E-state index contributed by atoms with van der Waals surface area (Å²) in [7, 11) is 2.23. The fraction of sp³-hybridized carbons (Fsp3) is 1.00. The molecule has 3 nitrogen and oxygen atoms in total. The summed E-state index contributed by atoms with van der Waals surface area (Å²) in [6.07, 6.45) is 5.77. The third-order valence-corrected chi connectivity index (χ3v) is 5.15. The molecule has 1 heterocycles. The maximum Gasteiger partial charge on any atom is 0.0278 e. The van der Waals surface area contributed by atoms with Gasteiger partial charge >= 0.3 is 0 Å². The van der Waals surface area contributed by atoms with Crippen molar-refractivity contribution < 1.29 is 0 Å². The zero-order valence-corrected chi connectivity index (χ0v) is 13.4. The van der Waals surface area contributed by atoms with Gasteiger partial charge in [0.1, 0.15) is 0 Å². The first-order valence-electron chi connectivity index (χ1n) is 8.14. The van der Waals surface area contributed by atoms with E-state index in [-0.39, 0.29) is 5.54 Å². The van der Waals surface area contributed by atoms with Crippen molar-refractivity contribution in [1.29, 1.82) is 0 Å². The molecular weight excluding hydrogens is 234 g/mol. The molecule has 112 valence electrons. The van der Waals surface area contributed by atoms with Crippen LogP contribution in [0.5, 0.6) is 0 Å². The van der Waals surface area contributed by atoms with Crippen LogP contribution in [0.4, 0.5) is 0 Å². The Morgan fingerprint density at radius 1 is 1.16 bits per heavy atom. The lowest BCUT2D eigenvalue weighted by Gasteiger charge is -2.44. The molecule has 2 rings (SSSR count). The SMILES string of the molecule is CC(CC1CCC1)NCC(C)(C)N1CCN(C)CC1. The van der Waals surface area contributed by atoms with Crippen LogP contribution >= 0.6 is 0 Å². The van der Waals surface area contributed by atoms with E-state index in [1.54, 1.807) is 0 Å². The molecule has 0 amide bonds. The molecule has 1 unspecified atom stereocenters. The average molecular weight is 267 g/mol. The van der Waals surface area contributed by atoms with Gasteiger partial charge < -0.3 is 10.2 Å². The van der Waals surface area contributed by atoms with E-state index in [4.69, 9.17) is 0 Å². The highest BCUT2D eigenvalue weighted by Crippen LogP contribution is 2.30. The maximum atomic E-state index is 3.78. The van der Waals surface area contributed by atoms with Crippen molar-refractivity contribution in [3.05, 3.63) is 0 Å². The average Bonchev–Trinajstić information content (AvgIpc) is 2.32. The van der Waals surface area contributed by atoms with Gasteiger partial charge in [0.05, 0.1) is 0 Å². The van der Waals surface area contributed by atoms with Gasteiger partial charge in [0.25, 0.3) is 0 Å². The highest BCUT2D eigenvalue weighted by atomic mass is 15.3. The Balaban J connectivity index is 1.70. The van der Waals surface area contributed by atoms with E-state index in [9.17, 15) is 0 Å². The number of nitrogens with zero attached hydrogens (tertiary/aromatic N) is 2. The Morgan fingerprint density at radius 2 is 1.79 bits per heavy atom. The molecule has 1 saturated heterocycles. The largest absolute Gasteiger partial charge is 0.312 e. The lowest BCUT2D eigenvalue weighted by molar-refractivity contribution is 0.0595. The molecular formula is C16H33N3. The molecule has 1 aliphatic heterocycles. The van der Waals surface area contributed by atoms with Crippen molar-refractivity contribution in [1.82, 2.24) is 15.1 Å². The molecule has 3 heteroatoms. The highest BCUT2D eigenvalue weighted by molar-refractivity contribution is 4.88. The fourth-order valence-corrected chi connectivity index (χ4v) is 3.26. The second-order valence-electron chi connectivity index (χ2n) is 7.42. The number of piperazine rings is 1. The molecule has 0 bridgehead atoms. The Hall–Kier alpha value is -0.120. The van der Waals surface area contributed by atoms with Gasteiger partial charge in [-0.05, 0) is 40.2 Å². The quantitative estimate of drug-likeness (QED) is 0.796. The Morgan fingerprint density at radius 3 is 2.32 bits per heavy atom. The minimum Gasteiger partial charge on any atom is -0.312 e. The van der Waals surface area contributed by atoms with Crippen LogP contribution in [0, 0.1) is 5.92 Å². The van der Waals surface area contributed by atoms with E-state index in [1.807, 2.05) is 0 Å². The van der Waals surface area contributed by atoms with E-state index in [0.717, 1.165) is 12.5 Å². The molecule has 0 aromatic rings. The van der Waals surface area contributed by atoms with Gasteiger partial charge in [-0.25, -0.2) is 0 Å². The van der Waals surface area contributed by atoms with Gasteiger partial charge in [-0.15, -0.1) is 0 Å². The molecule has 1 aliphatic carbocycles. The summed E-state index contributed by atoms with van der Waals surface area (Å²) in [5, 5.41) is 3.78. The van der Waals surface area contributed by atoms with Gasteiger partial charge in [-0.2, -0.15) is 0 Å². The molecule has 0 aromatic carbocycles. The van der Waals surface area contributed by atoms with Gasteiger partial charge in [-0.3, -0.25) is 4.90 Å². The first-order chi connectivity index (χ1) is 8.97. The third-order valence-electron chi connectivity index (χ3n) is 5.15. The lowest BCUT2D eigenvalue weighted by atomic mass is 9.81. The summed E-state index contributed by atoms with van der Waals surface area (Å²) in [6.45, 7) is 13.1. The second kappa shape index (κ2) is 6.55. The Labute approximate surface area is 119 Å². The monoisotopic (exact) mass is 267 g/mol. The molecule has 1 saturated carbocycles. The van der Waals surface area contributed by atoms with E-state index in [0.29, 0.717) is 6.04 Å². The molecule has 2 aliphatic rings. The fourth-order valence-electron chi connectivity index (χ4n) is 3.26. The molecule has 0 spiro atoms. The standard InChI is InChI=1S/C16H33N3/c1-14(12-15-6-5-7-15)17-13-16(2,3)19-10-8-18(4)9-11-19/h14-15,17H,5-13H2,1-4H3. The normalized spacial score (nSPS) is 25.3. The van der Waals surface area contributed by atoms with E-state index in [1.165, 1.54) is 51.9 Å². The van der Waals surface area contributed by atoms with Crippen molar-refractivity contribution in [2.45, 2.75) is 58.0 Å². The molecule has 19 heavy (non-hydrogen) atoms. The third kappa shape index (κ3) is 4.44. The summed E-state index contributed by atoms with van der Waals surface area (Å²) in [5.41, 5.74) is 0.287. The summed E-state index contributed by atoms with van der Waals surface area (Å²) >= 11 is 0. The number of hydrogen-bond acceptors (Lipinski definition) is 3. The first-order valence-corrected chi connectivity index (χ1v) is 8.14. The minimum atomic E-state index is 0.287. The van der Waals surface area contributed by atoms with Gasteiger partial charge in [-0.1, -0.05) is 19.3 Å². The molecule has 1 atom stereocenters. The minimum absolute atomic E-state index is 0.287. The van der Waals surface area contributed by atoms with Crippen LogP contribution in [0.1, 0.15) is 46.5 Å². The van der Waals surface area contributed by atoms with Crippen LogP contribution in [0.15, 0.2) is 0 Å². The van der Waals surface area contributed by atoms with Crippen LogP contribution < -0.4 is 5.32 Å². The number of hydrogen-bond donors (Lipinski definition) is 1. The summed E-state index contributed by atoms with van der Waals surface area (Å²) < 4.78 is 0. The first kappa shape index (κ1) is 15.3. The highest BCUT2D eigenvalue weighted by Gasteiger charge is 2.29. The maximum absolute atomic E-state index is 3.78. The predicted octanol–water partition coefficient (Wildman–Crippen LogP) is 2.18. The van der Waals surface area contributed by atoms with Crippen molar-refractivity contribution in [3.8, 4) is 0 Å². The van der Waals surface area contributed by atoms with Gasteiger partial charge in [0.15, 0.2) is 0 Å². The topological polar surface area (TPSA) is 18.5 Å². The molecule has 0 radical (unpaired) electrons. The number of rotatable bonds is 6. The van der Waals surface area contributed by atoms with E-state index in [2.05, 4.69) is 42.9 Å². The summed E-state index contributed by atoms with van der Waals surface area (Å²) in [4.78, 5) is 5.08. The van der Waals surface area contributed by atoms with Crippen molar-refractivity contribution in [2.24, 2.45) is 5.92 Å². The summed E-state index contributed by atoms with van der Waals surface area (Å²) in [5.74, 6) is 1.01. The second-order valence-corrected chi connectivity index (χ2v) is 7.42. The van der Waals surface area contributed by atoms with Crippen molar-refractivity contribution in [2.75, 3.05) is 39.8 Å². The predicted molar refractivity (Wildman–Crippen MR) is 82.6 cm³/mol. The number of likely N-dealkylation sites (N-methyl/N-ethyl adjacent to an activating group) is 1. The Bertz CT molecular complexity index is 265. The molecule has 1 N–H and O–H groups in total. The van der Waals surface area contributed by atoms with Crippen LogP contribution in [-0.2, 0) is 0 Å². The molecule has 0 aromatic heterocycles. The van der Waals surface area contributed by atoms with Gasteiger partial charge in [0, 0.05) is 44.3 Å². The zero-order valence-electron chi connectivity index (χ0n) is 13.4. The van der Waals surface area contributed by atoms with Crippen LogP contribution in [-0.4, -0.2) is 61.2 Å². The Kier molecular flexibility index (Phi) is 5.27. The van der Waals surface area contributed by atoms with Crippen LogP contribution in [0.3, 0.4) is 0 Å². The lowest BCUT2D eigenvalue weighted by Crippen LogP contribution is -2.58. The van der Waals surface area contributed by atoms with Crippen molar-refractivity contribution in [3.63, 3.8) is 0 Å². The van der Waals surface area contributed by atoms with Crippen molar-refractivity contribution >= 4 is 0 Å².